The molecule has 2 aliphatic rings. The normalized spacial score (nSPS) is 26.8. The van der Waals surface area contributed by atoms with Gasteiger partial charge in [-0.3, -0.25) is 9.80 Å². The first-order valence-corrected chi connectivity index (χ1v) is 9.54. The lowest BCUT2D eigenvalue weighted by atomic mass is 9.88. The van der Waals surface area contributed by atoms with Crippen LogP contribution in [0.3, 0.4) is 0 Å². The predicted octanol–water partition coefficient (Wildman–Crippen LogP) is 1.84. The van der Waals surface area contributed by atoms with Gasteiger partial charge in [0, 0.05) is 39.8 Å². The molecule has 0 aromatic carbocycles. The Kier molecular flexibility index (Phi) is 6.25. The van der Waals surface area contributed by atoms with Crippen LogP contribution in [0.1, 0.15) is 44.3 Å². The maximum atomic E-state index is 6.16. The van der Waals surface area contributed by atoms with E-state index in [0.717, 1.165) is 63.4 Å². The van der Waals surface area contributed by atoms with Gasteiger partial charge in [-0.2, -0.15) is 0 Å². The van der Waals surface area contributed by atoms with Crippen LogP contribution in [0.2, 0.25) is 0 Å². The molecule has 1 aromatic heterocycles. The molecule has 136 valence electrons. The number of aromatic nitrogens is 3. The first kappa shape index (κ1) is 17.8. The second-order valence-corrected chi connectivity index (χ2v) is 7.51. The summed E-state index contributed by atoms with van der Waals surface area (Å²) in [5.74, 6) is 2.79. The van der Waals surface area contributed by atoms with Crippen LogP contribution in [-0.4, -0.2) is 70.0 Å². The number of rotatable bonds is 6. The van der Waals surface area contributed by atoms with Crippen molar-refractivity contribution in [1.29, 1.82) is 0 Å². The van der Waals surface area contributed by atoms with Gasteiger partial charge in [0.25, 0.3) is 0 Å². The van der Waals surface area contributed by atoms with Crippen LogP contribution in [0, 0.1) is 12.8 Å². The second kappa shape index (κ2) is 8.41. The molecule has 1 saturated carbocycles. The molecule has 1 saturated heterocycles. The topological polar surface area (TPSA) is 46.4 Å². The predicted molar refractivity (Wildman–Crippen MR) is 94.8 cm³/mol. The maximum absolute atomic E-state index is 6.16. The van der Waals surface area contributed by atoms with Crippen molar-refractivity contribution in [2.75, 3.05) is 39.3 Å². The summed E-state index contributed by atoms with van der Waals surface area (Å²) in [7, 11) is 2.05. The molecule has 6 heteroatoms. The highest BCUT2D eigenvalue weighted by molar-refractivity contribution is 4.93. The molecule has 1 aliphatic carbocycles. The zero-order valence-electron chi connectivity index (χ0n) is 15.6. The zero-order valence-corrected chi connectivity index (χ0v) is 15.6. The Balaban J connectivity index is 1.34. The fraction of sp³-hybridized carbons (Fsp3) is 0.889. The van der Waals surface area contributed by atoms with Crippen LogP contribution in [0.15, 0.2) is 0 Å². The Bertz CT molecular complexity index is 510. The standard InChI is InChI=1S/C18H33N5O/c1-15-6-4-5-7-17(15)24-13-12-22-8-10-23(11-9-22)14-18-20-19-16(2)21(18)3/h15,17H,4-14H2,1-3H3/t15-,17+/m0/s1. The third kappa shape index (κ3) is 4.55. The van der Waals surface area contributed by atoms with E-state index in [1.165, 1.54) is 25.7 Å². The number of ether oxygens (including phenoxy) is 1. The van der Waals surface area contributed by atoms with E-state index in [4.69, 9.17) is 4.74 Å². The molecule has 0 N–H and O–H groups in total. The van der Waals surface area contributed by atoms with Crippen LogP contribution in [0.5, 0.6) is 0 Å². The molecule has 0 unspecified atom stereocenters. The van der Waals surface area contributed by atoms with Gasteiger partial charge in [0.05, 0.1) is 19.3 Å². The summed E-state index contributed by atoms with van der Waals surface area (Å²) in [5.41, 5.74) is 0. The average Bonchev–Trinajstić information content (AvgIpc) is 2.90. The zero-order chi connectivity index (χ0) is 16.9. The molecule has 0 amide bonds. The van der Waals surface area contributed by atoms with E-state index in [9.17, 15) is 0 Å². The number of hydrogen-bond acceptors (Lipinski definition) is 5. The molecular formula is C18H33N5O. The van der Waals surface area contributed by atoms with Crippen molar-refractivity contribution in [1.82, 2.24) is 24.6 Å². The molecule has 2 heterocycles. The van der Waals surface area contributed by atoms with Gasteiger partial charge in [-0.15, -0.1) is 10.2 Å². The summed E-state index contributed by atoms with van der Waals surface area (Å²) in [6.07, 6.45) is 5.82. The fourth-order valence-corrected chi connectivity index (χ4v) is 3.82. The Morgan fingerprint density at radius 2 is 1.75 bits per heavy atom. The van der Waals surface area contributed by atoms with Crippen molar-refractivity contribution in [3.63, 3.8) is 0 Å². The number of nitrogens with zero attached hydrogens (tertiary/aromatic N) is 5. The number of piperazine rings is 1. The maximum Gasteiger partial charge on any atom is 0.146 e. The highest BCUT2D eigenvalue weighted by Crippen LogP contribution is 2.26. The molecule has 1 aromatic rings. The average molecular weight is 335 g/mol. The molecule has 0 spiro atoms. The first-order chi connectivity index (χ1) is 11.6. The van der Waals surface area contributed by atoms with Gasteiger partial charge in [0.1, 0.15) is 11.6 Å². The van der Waals surface area contributed by atoms with Crippen LogP contribution in [0.4, 0.5) is 0 Å². The Labute approximate surface area is 146 Å². The van der Waals surface area contributed by atoms with Gasteiger partial charge in [-0.1, -0.05) is 19.8 Å². The van der Waals surface area contributed by atoms with Crippen molar-refractivity contribution in [3.05, 3.63) is 11.6 Å². The van der Waals surface area contributed by atoms with Gasteiger partial charge in [0.15, 0.2) is 0 Å². The minimum Gasteiger partial charge on any atom is -0.377 e. The van der Waals surface area contributed by atoms with E-state index < -0.39 is 0 Å². The summed E-state index contributed by atoms with van der Waals surface area (Å²) < 4.78 is 8.25. The van der Waals surface area contributed by atoms with E-state index in [1.807, 2.05) is 14.0 Å². The van der Waals surface area contributed by atoms with Crippen molar-refractivity contribution < 1.29 is 4.74 Å². The summed E-state index contributed by atoms with van der Waals surface area (Å²) >= 11 is 0. The smallest absolute Gasteiger partial charge is 0.146 e. The van der Waals surface area contributed by atoms with Gasteiger partial charge in [0.2, 0.25) is 0 Å². The SMILES string of the molecule is Cc1nnc(CN2CCN(CCO[C@@H]3CCCC[C@@H]3C)CC2)n1C. The number of hydrogen-bond donors (Lipinski definition) is 0. The molecule has 0 radical (unpaired) electrons. The fourth-order valence-electron chi connectivity index (χ4n) is 3.82. The molecule has 2 atom stereocenters. The van der Waals surface area contributed by atoms with Crippen LogP contribution in [0.25, 0.3) is 0 Å². The monoisotopic (exact) mass is 335 g/mol. The van der Waals surface area contributed by atoms with Gasteiger partial charge in [-0.25, -0.2) is 0 Å². The Morgan fingerprint density at radius 1 is 1.04 bits per heavy atom. The van der Waals surface area contributed by atoms with E-state index in [0.29, 0.717) is 6.10 Å². The minimum absolute atomic E-state index is 0.499. The summed E-state index contributed by atoms with van der Waals surface area (Å²) in [5, 5.41) is 8.42. The Hall–Kier alpha value is -0.980. The lowest BCUT2D eigenvalue weighted by Crippen LogP contribution is -2.47. The lowest BCUT2D eigenvalue weighted by Gasteiger charge is -2.35. The highest BCUT2D eigenvalue weighted by atomic mass is 16.5. The highest BCUT2D eigenvalue weighted by Gasteiger charge is 2.23. The Morgan fingerprint density at radius 3 is 2.42 bits per heavy atom. The molecule has 3 rings (SSSR count). The van der Waals surface area contributed by atoms with E-state index in [-0.39, 0.29) is 0 Å². The molecule has 2 fully saturated rings. The van der Waals surface area contributed by atoms with E-state index in [1.54, 1.807) is 0 Å². The third-order valence-corrected chi connectivity index (χ3v) is 5.78. The van der Waals surface area contributed by atoms with Crippen molar-refractivity contribution in [2.45, 2.75) is 52.2 Å². The molecule has 1 aliphatic heterocycles. The minimum atomic E-state index is 0.499. The van der Waals surface area contributed by atoms with Crippen LogP contribution in [-0.2, 0) is 18.3 Å². The van der Waals surface area contributed by atoms with Gasteiger partial charge < -0.3 is 9.30 Å². The molecule has 6 nitrogen and oxygen atoms in total. The van der Waals surface area contributed by atoms with E-state index in [2.05, 4.69) is 31.5 Å². The van der Waals surface area contributed by atoms with Crippen LogP contribution >= 0.6 is 0 Å². The molecule has 24 heavy (non-hydrogen) atoms. The first-order valence-electron chi connectivity index (χ1n) is 9.54. The molecular weight excluding hydrogens is 302 g/mol. The van der Waals surface area contributed by atoms with Crippen LogP contribution < -0.4 is 0 Å². The third-order valence-electron chi connectivity index (χ3n) is 5.78. The van der Waals surface area contributed by atoms with Gasteiger partial charge in [-0.05, 0) is 25.7 Å². The van der Waals surface area contributed by atoms with Crippen molar-refractivity contribution in [2.24, 2.45) is 13.0 Å². The largest absolute Gasteiger partial charge is 0.377 e. The lowest BCUT2D eigenvalue weighted by molar-refractivity contribution is -0.0183. The van der Waals surface area contributed by atoms with Crippen molar-refractivity contribution >= 4 is 0 Å². The quantitative estimate of drug-likeness (QED) is 0.794. The van der Waals surface area contributed by atoms with Gasteiger partial charge >= 0.3 is 0 Å². The van der Waals surface area contributed by atoms with E-state index >= 15 is 0 Å². The summed E-state index contributed by atoms with van der Waals surface area (Å²) in [6.45, 7) is 11.7. The molecule has 0 bridgehead atoms. The summed E-state index contributed by atoms with van der Waals surface area (Å²) in [4.78, 5) is 5.01. The number of aryl methyl sites for hydroxylation is 1. The second-order valence-electron chi connectivity index (χ2n) is 7.51. The van der Waals surface area contributed by atoms with Crippen molar-refractivity contribution in [3.8, 4) is 0 Å². The summed E-state index contributed by atoms with van der Waals surface area (Å²) in [6, 6.07) is 0.